The van der Waals surface area contributed by atoms with Gasteiger partial charge in [0.25, 0.3) is 10.1 Å². The Bertz CT molecular complexity index is 323. The first kappa shape index (κ1) is 15.9. The number of nitrogens with zero attached hydrogens (tertiary/aromatic N) is 1. The predicted octanol–water partition coefficient (Wildman–Crippen LogP) is 1.10. The van der Waals surface area contributed by atoms with Crippen LogP contribution >= 0.6 is 0 Å². The lowest BCUT2D eigenvalue weighted by atomic mass is 10.2. The van der Waals surface area contributed by atoms with Crippen LogP contribution in [0.4, 0.5) is 0 Å². The van der Waals surface area contributed by atoms with E-state index in [2.05, 4.69) is 18.7 Å². The smallest absolute Gasteiger partial charge is 0.264 e. The van der Waals surface area contributed by atoms with E-state index in [4.69, 9.17) is 8.92 Å². The van der Waals surface area contributed by atoms with E-state index < -0.39 is 16.2 Å². The number of hydrogen-bond donors (Lipinski definition) is 0. The topological polar surface area (TPSA) is 55.8 Å². The molecule has 0 aromatic heterocycles. The normalized spacial score (nSPS) is 19.6. The van der Waals surface area contributed by atoms with E-state index in [9.17, 15) is 8.42 Å². The first-order chi connectivity index (χ1) is 8.37. The number of ether oxygens (including phenoxy) is 1. The molecule has 6 heteroatoms. The van der Waals surface area contributed by atoms with Gasteiger partial charge in [0, 0.05) is 13.2 Å². The van der Waals surface area contributed by atoms with Crippen molar-refractivity contribution in [2.75, 3.05) is 39.1 Å². The molecule has 1 saturated heterocycles. The lowest BCUT2D eigenvalue weighted by Gasteiger charge is -2.23. The maximum atomic E-state index is 11.2. The van der Waals surface area contributed by atoms with Crippen molar-refractivity contribution >= 4 is 10.1 Å². The third-order valence-corrected chi connectivity index (χ3v) is 3.35. The van der Waals surface area contributed by atoms with Gasteiger partial charge in [0.1, 0.15) is 6.10 Å². The Balaban J connectivity index is 2.40. The van der Waals surface area contributed by atoms with Crippen LogP contribution in [0.5, 0.6) is 0 Å². The molecule has 0 unspecified atom stereocenters. The summed E-state index contributed by atoms with van der Waals surface area (Å²) >= 11 is 0. The predicted molar refractivity (Wildman–Crippen MR) is 71.0 cm³/mol. The van der Waals surface area contributed by atoms with E-state index in [-0.39, 0.29) is 0 Å². The summed E-state index contributed by atoms with van der Waals surface area (Å²) in [5.74, 6) is 0.440. The Morgan fingerprint density at radius 1 is 1.17 bits per heavy atom. The van der Waals surface area contributed by atoms with Crippen LogP contribution in [0.1, 0.15) is 26.7 Å². The van der Waals surface area contributed by atoms with Gasteiger partial charge in [-0.3, -0.25) is 4.18 Å². The second-order valence-electron chi connectivity index (χ2n) is 5.36. The Labute approximate surface area is 111 Å². The molecule has 0 aliphatic carbocycles. The molecule has 0 bridgehead atoms. The zero-order valence-corrected chi connectivity index (χ0v) is 12.4. The highest BCUT2D eigenvalue weighted by atomic mass is 32.2. The highest BCUT2D eigenvalue weighted by Crippen LogP contribution is 2.11. The molecular weight excluding hydrogens is 254 g/mol. The molecule has 18 heavy (non-hydrogen) atoms. The van der Waals surface area contributed by atoms with Crippen LogP contribution in [-0.2, 0) is 19.0 Å². The molecule has 0 spiro atoms. The fourth-order valence-electron chi connectivity index (χ4n) is 2.05. The van der Waals surface area contributed by atoms with E-state index in [0.717, 1.165) is 19.3 Å². The molecule has 0 aromatic carbocycles. The first-order valence-electron chi connectivity index (χ1n) is 6.55. The molecule has 0 radical (unpaired) electrons. The lowest BCUT2D eigenvalue weighted by molar-refractivity contribution is 0.0271. The monoisotopic (exact) mass is 279 g/mol. The van der Waals surface area contributed by atoms with Gasteiger partial charge in [-0.25, -0.2) is 0 Å². The van der Waals surface area contributed by atoms with Gasteiger partial charge in [-0.05, 0) is 31.8 Å². The minimum Gasteiger partial charge on any atom is -0.378 e. The summed E-state index contributed by atoms with van der Waals surface area (Å²) in [6, 6.07) is 0. The van der Waals surface area contributed by atoms with Crippen molar-refractivity contribution in [1.29, 1.82) is 0 Å². The van der Waals surface area contributed by atoms with Gasteiger partial charge >= 0.3 is 0 Å². The van der Waals surface area contributed by atoms with Gasteiger partial charge in [-0.2, -0.15) is 8.42 Å². The lowest BCUT2D eigenvalue weighted by Crippen LogP contribution is -2.36. The zero-order chi connectivity index (χ0) is 13.6. The molecule has 108 valence electrons. The average molecular weight is 279 g/mol. The van der Waals surface area contributed by atoms with Crippen LogP contribution in [0.15, 0.2) is 0 Å². The summed E-state index contributed by atoms with van der Waals surface area (Å²) in [6.07, 6.45) is 3.06. The number of rotatable bonds is 8. The SMILES string of the molecule is CC(C)COC[C@H](CN1CCCC1)OS(C)(=O)=O. The summed E-state index contributed by atoms with van der Waals surface area (Å²) in [4.78, 5) is 2.23. The van der Waals surface area contributed by atoms with Crippen molar-refractivity contribution in [3.8, 4) is 0 Å². The third-order valence-electron chi connectivity index (χ3n) is 2.73. The minimum atomic E-state index is -3.42. The molecule has 1 atom stereocenters. The van der Waals surface area contributed by atoms with Gasteiger partial charge < -0.3 is 9.64 Å². The van der Waals surface area contributed by atoms with Crippen molar-refractivity contribution in [2.24, 2.45) is 5.92 Å². The molecule has 1 fully saturated rings. The van der Waals surface area contributed by atoms with Crippen LogP contribution < -0.4 is 0 Å². The van der Waals surface area contributed by atoms with E-state index in [0.29, 0.717) is 25.7 Å². The van der Waals surface area contributed by atoms with Crippen LogP contribution in [0, 0.1) is 5.92 Å². The van der Waals surface area contributed by atoms with Gasteiger partial charge in [0.05, 0.1) is 12.9 Å². The Morgan fingerprint density at radius 2 is 1.78 bits per heavy atom. The van der Waals surface area contributed by atoms with Crippen LogP contribution in [0.3, 0.4) is 0 Å². The van der Waals surface area contributed by atoms with Crippen LogP contribution in [-0.4, -0.2) is 58.5 Å². The van der Waals surface area contributed by atoms with E-state index in [1.54, 1.807) is 0 Å². The van der Waals surface area contributed by atoms with Crippen molar-refractivity contribution < 1.29 is 17.3 Å². The highest BCUT2D eigenvalue weighted by Gasteiger charge is 2.21. The average Bonchev–Trinajstić information content (AvgIpc) is 2.67. The van der Waals surface area contributed by atoms with Crippen molar-refractivity contribution in [1.82, 2.24) is 4.90 Å². The fourth-order valence-corrected chi connectivity index (χ4v) is 2.66. The van der Waals surface area contributed by atoms with Gasteiger partial charge in [-0.1, -0.05) is 13.8 Å². The number of likely N-dealkylation sites (tertiary alicyclic amines) is 1. The van der Waals surface area contributed by atoms with Crippen molar-refractivity contribution in [3.05, 3.63) is 0 Å². The van der Waals surface area contributed by atoms with E-state index >= 15 is 0 Å². The standard InChI is InChI=1S/C12H25NO4S/c1-11(2)9-16-10-12(17-18(3,14)15)8-13-6-4-5-7-13/h11-12H,4-10H2,1-3H3/t12-/m0/s1. The van der Waals surface area contributed by atoms with Crippen LogP contribution in [0.2, 0.25) is 0 Å². The molecule has 0 N–H and O–H groups in total. The molecule has 0 saturated carbocycles. The Kier molecular flexibility index (Phi) is 6.55. The highest BCUT2D eigenvalue weighted by molar-refractivity contribution is 7.86. The zero-order valence-electron chi connectivity index (χ0n) is 11.6. The van der Waals surface area contributed by atoms with Gasteiger partial charge in [0.2, 0.25) is 0 Å². The molecule has 5 nitrogen and oxygen atoms in total. The van der Waals surface area contributed by atoms with Crippen LogP contribution in [0.25, 0.3) is 0 Å². The summed E-state index contributed by atoms with van der Waals surface area (Å²) in [6.45, 7) is 7.76. The van der Waals surface area contributed by atoms with E-state index in [1.165, 1.54) is 12.8 Å². The summed E-state index contributed by atoms with van der Waals surface area (Å²) in [7, 11) is -3.42. The molecule has 1 heterocycles. The number of hydrogen-bond acceptors (Lipinski definition) is 5. The largest absolute Gasteiger partial charge is 0.378 e. The molecule has 1 rings (SSSR count). The summed E-state index contributed by atoms with van der Waals surface area (Å²) in [5.41, 5.74) is 0. The van der Waals surface area contributed by atoms with Gasteiger partial charge in [0.15, 0.2) is 0 Å². The molecule has 0 aromatic rings. The Morgan fingerprint density at radius 3 is 2.28 bits per heavy atom. The molecule has 1 aliphatic heterocycles. The minimum absolute atomic E-state index is 0.335. The van der Waals surface area contributed by atoms with Crippen molar-refractivity contribution in [2.45, 2.75) is 32.8 Å². The Hall–Kier alpha value is -0.170. The first-order valence-corrected chi connectivity index (χ1v) is 8.37. The fraction of sp³-hybridized carbons (Fsp3) is 1.00. The van der Waals surface area contributed by atoms with Crippen molar-refractivity contribution in [3.63, 3.8) is 0 Å². The molecule has 1 aliphatic rings. The summed E-state index contributed by atoms with van der Waals surface area (Å²) in [5, 5.41) is 0. The summed E-state index contributed by atoms with van der Waals surface area (Å²) < 4.78 is 33.0. The quantitative estimate of drug-likeness (QED) is 0.623. The van der Waals surface area contributed by atoms with E-state index in [1.807, 2.05) is 0 Å². The third kappa shape index (κ3) is 7.31. The maximum Gasteiger partial charge on any atom is 0.264 e. The molecular formula is C12H25NO4S. The second kappa shape index (κ2) is 7.43. The van der Waals surface area contributed by atoms with Gasteiger partial charge in [-0.15, -0.1) is 0 Å². The molecule has 0 amide bonds. The second-order valence-corrected chi connectivity index (χ2v) is 6.96. The maximum absolute atomic E-state index is 11.2.